The quantitative estimate of drug-likeness (QED) is 0.689. The molecule has 2 aromatic carbocycles. The summed E-state index contributed by atoms with van der Waals surface area (Å²) in [4.78, 5) is 12.6. The van der Waals surface area contributed by atoms with E-state index >= 15 is 0 Å². The molecule has 0 spiro atoms. The van der Waals surface area contributed by atoms with Gasteiger partial charge in [0.2, 0.25) is 10.0 Å². The Kier molecular flexibility index (Phi) is 6.62. The van der Waals surface area contributed by atoms with Gasteiger partial charge in [-0.1, -0.05) is 17.7 Å². The summed E-state index contributed by atoms with van der Waals surface area (Å²) in [5.74, 6) is 1.12. The molecule has 10 heteroatoms. The number of fused-ring (bicyclic) bond motifs is 1. The number of hydrogen-bond acceptors (Lipinski definition) is 6. The van der Waals surface area contributed by atoms with Gasteiger partial charge in [0.05, 0.1) is 32.7 Å². The second kappa shape index (κ2) is 9.01. The van der Waals surface area contributed by atoms with E-state index in [9.17, 15) is 13.2 Å². The molecule has 1 aliphatic rings. The van der Waals surface area contributed by atoms with Gasteiger partial charge in [-0.25, -0.2) is 8.42 Å². The van der Waals surface area contributed by atoms with Crippen molar-refractivity contribution in [3.05, 3.63) is 47.0 Å². The lowest BCUT2D eigenvalue weighted by Gasteiger charge is -2.34. The van der Waals surface area contributed by atoms with Gasteiger partial charge >= 0.3 is 0 Å². The van der Waals surface area contributed by atoms with Crippen LogP contribution in [-0.4, -0.2) is 54.0 Å². The highest BCUT2D eigenvalue weighted by molar-refractivity contribution is 7.92. The van der Waals surface area contributed by atoms with Gasteiger partial charge in [0.15, 0.2) is 17.6 Å². The normalized spacial score (nSPS) is 15.7. The van der Waals surface area contributed by atoms with Gasteiger partial charge < -0.3 is 19.5 Å². The molecule has 0 radical (unpaired) electrons. The minimum Gasteiger partial charge on any atom is -0.493 e. The van der Waals surface area contributed by atoms with Gasteiger partial charge in [0.25, 0.3) is 5.91 Å². The topological polar surface area (TPSA) is 94.2 Å². The molecule has 0 fully saturated rings. The van der Waals surface area contributed by atoms with Crippen molar-refractivity contribution in [3.63, 3.8) is 0 Å². The van der Waals surface area contributed by atoms with Crippen LogP contribution in [-0.2, 0) is 21.2 Å². The SMILES string of the molecule is COc1ccc(CCNC(=O)[C@H]2CN(S(C)(=O)=O)c3cc(Cl)ccc3O2)cc1OC. The smallest absolute Gasteiger partial charge is 0.263 e. The van der Waals surface area contributed by atoms with Crippen LogP contribution in [0.4, 0.5) is 5.69 Å². The van der Waals surface area contributed by atoms with Crippen LogP contribution in [0.2, 0.25) is 5.02 Å². The summed E-state index contributed by atoms with van der Waals surface area (Å²) in [6, 6.07) is 10.2. The third-order valence-electron chi connectivity index (χ3n) is 4.64. The fourth-order valence-corrected chi connectivity index (χ4v) is 4.23. The Bertz CT molecular complexity index is 1040. The van der Waals surface area contributed by atoms with Gasteiger partial charge in [0.1, 0.15) is 5.75 Å². The summed E-state index contributed by atoms with van der Waals surface area (Å²) in [6.45, 7) is 0.217. The van der Waals surface area contributed by atoms with Crippen LogP contribution in [0.3, 0.4) is 0 Å². The van der Waals surface area contributed by atoms with Crippen LogP contribution in [0, 0.1) is 0 Å². The van der Waals surface area contributed by atoms with E-state index in [0.717, 1.165) is 16.1 Å². The number of halogens is 1. The molecule has 1 atom stereocenters. The first-order valence-electron chi connectivity index (χ1n) is 9.15. The van der Waals surface area contributed by atoms with Crippen molar-refractivity contribution in [2.45, 2.75) is 12.5 Å². The van der Waals surface area contributed by atoms with Crippen molar-refractivity contribution in [2.75, 3.05) is 37.9 Å². The molecule has 8 nitrogen and oxygen atoms in total. The first kappa shape index (κ1) is 22.0. The van der Waals surface area contributed by atoms with E-state index in [-0.39, 0.29) is 12.3 Å². The van der Waals surface area contributed by atoms with Gasteiger partial charge in [-0.05, 0) is 42.3 Å². The standard InChI is InChI=1S/C20H23ClN2O6S/c1-27-17-6-4-13(10-18(17)28-2)8-9-22-20(24)19-12-23(30(3,25)26)15-11-14(21)5-7-16(15)29-19/h4-7,10-11,19H,8-9,12H2,1-3H3,(H,22,24)/t19-/m1/s1. The Morgan fingerprint density at radius 1 is 1.20 bits per heavy atom. The molecular weight excluding hydrogens is 432 g/mol. The average Bonchev–Trinajstić information content (AvgIpc) is 2.71. The fraction of sp³-hybridized carbons (Fsp3) is 0.350. The van der Waals surface area contributed by atoms with Crippen molar-refractivity contribution in [3.8, 4) is 17.2 Å². The number of carbonyl (C=O) groups excluding carboxylic acids is 1. The number of amides is 1. The zero-order valence-corrected chi connectivity index (χ0v) is 18.4. The maximum Gasteiger partial charge on any atom is 0.263 e. The highest BCUT2D eigenvalue weighted by Crippen LogP contribution is 2.37. The molecule has 1 heterocycles. The van der Waals surface area contributed by atoms with E-state index in [0.29, 0.717) is 35.2 Å². The van der Waals surface area contributed by atoms with E-state index < -0.39 is 22.0 Å². The first-order chi connectivity index (χ1) is 14.2. The number of benzene rings is 2. The zero-order valence-electron chi connectivity index (χ0n) is 16.8. The molecule has 2 aromatic rings. The number of rotatable bonds is 7. The summed E-state index contributed by atoms with van der Waals surface area (Å²) in [6.07, 6.45) is 0.661. The summed E-state index contributed by atoms with van der Waals surface area (Å²) in [7, 11) is -0.490. The maximum atomic E-state index is 12.6. The minimum absolute atomic E-state index is 0.131. The third kappa shape index (κ3) is 4.91. The first-order valence-corrected chi connectivity index (χ1v) is 11.4. The Labute approximate surface area is 180 Å². The summed E-state index contributed by atoms with van der Waals surface area (Å²) < 4.78 is 41.8. The van der Waals surface area contributed by atoms with Crippen molar-refractivity contribution in [2.24, 2.45) is 0 Å². The third-order valence-corrected chi connectivity index (χ3v) is 6.03. The Morgan fingerprint density at radius 3 is 2.60 bits per heavy atom. The molecule has 30 heavy (non-hydrogen) atoms. The fourth-order valence-electron chi connectivity index (χ4n) is 3.16. The molecule has 1 aliphatic heterocycles. The number of ether oxygens (including phenoxy) is 3. The monoisotopic (exact) mass is 454 g/mol. The number of nitrogens with one attached hydrogen (secondary N) is 1. The average molecular weight is 455 g/mol. The molecule has 162 valence electrons. The van der Waals surface area contributed by atoms with Crippen LogP contribution >= 0.6 is 11.6 Å². The van der Waals surface area contributed by atoms with Crippen molar-refractivity contribution < 1.29 is 27.4 Å². The molecule has 3 rings (SSSR count). The van der Waals surface area contributed by atoms with E-state index in [1.807, 2.05) is 12.1 Å². The van der Waals surface area contributed by atoms with Crippen LogP contribution in [0.15, 0.2) is 36.4 Å². The lowest BCUT2D eigenvalue weighted by Crippen LogP contribution is -2.50. The van der Waals surface area contributed by atoms with Gasteiger partial charge in [-0.3, -0.25) is 9.10 Å². The molecular formula is C20H23ClN2O6S. The molecule has 0 saturated carbocycles. The number of sulfonamides is 1. The Balaban J connectivity index is 1.67. The second-order valence-corrected chi connectivity index (χ2v) is 9.09. The number of anilines is 1. The van der Waals surface area contributed by atoms with Crippen molar-refractivity contribution in [1.82, 2.24) is 5.32 Å². The highest BCUT2D eigenvalue weighted by Gasteiger charge is 2.35. The lowest BCUT2D eigenvalue weighted by molar-refractivity contribution is -0.127. The Hall–Kier alpha value is -2.65. The molecule has 0 bridgehead atoms. The van der Waals surface area contributed by atoms with Crippen LogP contribution in [0.25, 0.3) is 0 Å². The van der Waals surface area contributed by atoms with E-state index in [2.05, 4.69) is 5.32 Å². The number of methoxy groups -OCH3 is 2. The predicted octanol–water partition coefficient (Wildman–Crippen LogP) is 2.24. The van der Waals surface area contributed by atoms with Crippen molar-refractivity contribution >= 4 is 33.2 Å². The van der Waals surface area contributed by atoms with Gasteiger partial charge in [0, 0.05) is 11.6 Å². The van der Waals surface area contributed by atoms with E-state index in [4.69, 9.17) is 25.8 Å². The molecule has 1 amide bonds. The number of nitrogens with zero attached hydrogens (tertiary/aromatic N) is 1. The largest absolute Gasteiger partial charge is 0.493 e. The highest BCUT2D eigenvalue weighted by atomic mass is 35.5. The van der Waals surface area contributed by atoms with E-state index in [1.165, 1.54) is 6.07 Å². The molecule has 1 N–H and O–H groups in total. The second-order valence-electron chi connectivity index (χ2n) is 6.74. The van der Waals surface area contributed by atoms with Crippen LogP contribution in [0.1, 0.15) is 5.56 Å². The van der Waals surface area contributed by atoms with E-state index in [1.54, 1.807) is 32.4 Å². The molecule has 0 saturated heterocycles. The summed E-state index contributed by atoms with van der Waals surface area (Å²) >= 11 is 5.99. The molecule has 0 aliphatic carbocycles. The zero-order chi connectivity index (χ0) is 21.9. The minimum atomic E-state index is -3.61. The van der Waals surface area contributed by atoms with Gasteiger partial charge in [-0.15, -0.1) is 0 Å². The predicted molar refractivity (Wildman–Crippen MR) is 114 cm³/mol. The molecule has 0 aromatic heterocycles. The van der Waals surface area contributed by atoms with Crippen LogP contribution < -0.4 is 23.8 Å². The maximum absolute atomic E-state index is 12.6. The molecule has 0 unspecified atom stereocenters. The van der Waals surface area contributed by atoms with Gasteiger partial charge in [-0.2, -0.15) is 0 Å². The van der Waals surface area contributed by atoms with Crippen molar-refractivity contribution in [1.29, 1.82) is 0 Å². The number of hydrogen-bond donors (Lipinski definition) is 1. The lowest BCUT2D eigenvalue weighted by atomic mass is 10.1. The Morgan fingerprint density at radius 2 is 1.93 bits per heavy atom. The van der Waals surface area contributed by atoms with Crippen LogP contribution in [0.5, 0.6) is 17.2 Å². The number of carbonyl (C=O) groups is 1. The summed E-state index contributed by atoms with van der Waals surface area (Å²) in [5, 5.41) is 3.18. The summed E-state index contributed by atoms with van der Waals surface area (Å²) in [5.41, 5.74) is 1.27.